The van der Waals surface area contributed by atoms with Gasteiger partial charge in [0, 0.05) is 5.41 Å². The number of carbonyl (C=O) groups is 2. The van der Waals surface area contributed by atoms with Crippen molar-refractivity contribution in [2.45, 2.75) is 46.1 Å². The summed E-state index contributed by atoms with van der Waals surface area (Å²) in [6.45, 7) is 6.19. The van der Waals surface area contributed by atoms with Crippen molar-refractivity contribution in [2.24, 2.45) is 11.1 Å². The highest BCUT2D eigenvalue weighted by Gasteiger charge is 2.29. The van der Waals surface area contributed by atoms with Crippen molar-refractivity contribution in [1.82, 2.24) is 5.32 Å². The summed E-state index contributed by atoms with van der Waals surface area (Å²) in [4.78, 5) is 23.5. The maximum Gasteiger partial charge on any atom is 0.230 e. The lowest BCUT2D eigenvalue weighted by molar-refractivity contribution is -0.131. The van der Waals surface area contributed by atoms with Gasteiger partial charge in [-0.15, -0.1) is 0 Å². The molecule has 1 amide bonds. The van der Waals surface area contributed by atoms with Gasteiger partial charge in [-0.1, -0.05) is 20.8 Å². The SMILES string of the molecule is CC(C)(C)C(=O)C(CCCCN)NC(=O)CS. The van der Waals surface area contributed by atoms with Crippen molar-refractivity contribution in [3.05, 3.63) is 0 Å². The molecule has 0 fully saturated rings. The molecule has 0 aliphatic rings. The molecule has 100 valence electrons. The summed E-state index contributed by atoms with van der Waals surface area (Å²) in [6.07, 6.45) is 2.35. The largest absolute Gasteiger partial charge is 0.346 e. The van der Waals surface area contributed by atoms with Crippen LogP contribution in [0.2, 0.25) is 0 Å². The maximum absolute atomic E-state index is 12.1. The summed E-state index contributed by atoms with van der Waals surface area (Å²) in [6, 6.07) is -0.416. The molecule has 0 spiro atoms. The normalized spacial score (nSPS) is 13.2. The first-order chi connectivity index (χ1) is 7.82. The number of unbranched alkanes of at least 4 members (excludes halogenated alkanes) is 1. The van der Waals surface area contributed by atoms with Gasteiger partial charge in [0.15, 0.2) is 5.78 Å². The molecule has 0 radical (unpaired) electrons. The van der Waals surface area contributed by atoms with Crippen LogP contribution in [0.25, 0.3) is 0 Å². The number of thiol groups is 1. The van der Waals surface area contributed by atoms with E-state index in [1.54, 1.807) is 0 Å². The number of hydrogen-bond donors (Lipinski definition) is 3. The van der Waals surface area contributed by atoms with Crippen LogP contribution >= 0.6 is 12.6 Å². The van der Waals surface area contributed by atoms with Crippen molar-refractivity contribution < 1.29 is 9.59 Å². The van der Waals surface area contributed by atoms with Gasteiger partial charge in [-0.2, -0.15) is 12.6 Å². The Balaban J connectivity index is 4.49. The average Bonchev–Trinajstić information content (AvgIpc) is 2.25. The quantitative estimate of drug-likeness (QED) is 0.475. The zero-order chi connectivity index (χ0) is 13.5. The second kappa shape index (κ2) is 7.71. The Morgan fingerprint density at radius 2 is 1.88 bits per heavy atom. The molecule has 4 nitrogen and oxygen atoms in total. The molecule has 0 saturated heterocycles. The second-order valence-electron chi connectivity index (χ2n) is 5.18. The molecule has 17 heavy (non-hydrogen) atoms. The van der Waals surface area contributed by atoms with Gasteiger partial charge in [-0.05, 0) is 25.8 Å². The fraction of sp³-hybridized carbons (Fsp3) is 0.833. The van der Waals surface area contributed by atoms with E-state index in [9.17, 15) is 9.59 Å². The van der Waals surface area contributed by atoms with E-state index in [1.807, 2.05) is 20.8 Å². The fourth-order valence-corrected chi connectivity index (χ4v) is 1.62. The third-order valence-electron chi connectivity index (χ3n) is 2.48. The predicted molar refractivity (Wildman–Crippen MR) is 73.2 cm³/mol. The first-order valence-corrected chi connectivity index (χ1v) is 6.60. The van der Waals surface area contributed by atoms with Crippen LogP contribution in [0.3, 0.4) is 0 Å². The number of amides is 1. The average molecular weight is 260 g/mol. The molecule has 0 aromatic rings. The van der Waals surface area contributed by atoms with Crippen LogP contribution in [0.5, 0.6) is 0 Å². The van der Waals surface area contributed by atoms with E-state index in [0.29, 0.717) is 13.0 Å². The predicted octanol–water partition coefficient (Wildman–Crippen LogP) is 1.15. The molecular weight excluding hydrogens is 236 g/mol. The Labute approximate surface area is 109 Å². The summed E-state index contributed by atoms with van der Waals surface area (Å²) < 4.78 is 0. The molecule has 3 N–H and O–H groups in total. The van der Waals surface area contributed by atoms with Crippen molar-refractivity contribution in [3.63, 3.8) is 0 Å². The number of ketones is 1. The molecule has 0 heterocycles. The first kappa shape index (κ1) is 16.4. The summed E-state index contributed by atoms with van der Waals surface area (Å²) in [5.41, 5.74) is 4.97. The molecule has 0 aromatic heterocycles. The Bertz CT molecular complexity index is 262. The molecule has 0 aliphatic carbocycles. The minimum absolute atomic E-state index is 0.0599. The van der Waals surface area contributed by atoms with Crippen LogP contribution in [0.1, 0.15) is 40.0 Å². The molecular formula is C12H24N2O2S. The number of Topliss-reactive ketones (excluding diaryl/α,β-unsaturated/α-hetero) is 1. The van der Waals surface area contributed by atoms with E-state index in [4.69, 9.17) is 5.73 Å². The first-order valence-electron chi connectivity index (χ1n) is 5.97. The Kier molecular flexibility index (Phi) is 7.46. The van der Waals surface area contributed by atoms with E-state index in [-0.39, 0.29) is 17.4 Å². The lowest BCUT2D eigenvalue weighted by atomic mass is 9.84. The van der Waals surface area contributed by atoms with Gasteiger partial charge < -0.3 is 11.1 Å². The van der Waals surface area contributed by atoms with E-state index in [1.165, 1.54) is 0 Å². The van der Waals surface area contributed by atoms with E-state index >= 15 is 0 Å². The molecule has 1 unspecified atom stereocenters. The Morgan fingerprint density at radius 1 is 1.29 bits per heavy atom. The van der Waals surface area contributed by atoms with Gasteiger partial charge in [-0.25, -0.2) is 0 Å². The van der Waals surface area contributed by atoms with Crippen molar-refractivity contribution in [1.29, 1.82) is 0 Å². The molecule has 0 saturated carbocycles. The Morgan fingerprint density at radius 3 is 2.29 bits per heavy atom. The summed E-state index contributed by atoms with van der Waals surface area (Å²) in [5.74, 6) is -0.0431. The molecule has 0 bridgehead atoms. The highest BCUT2D eigenvalue weighted by Crippen LogP contribution is 2.19. The number of carbonyl (C=O) groups excluding carboxylic acids is 2. The smallest absolute Gasteiger partial charge is 0.230 e. The van der Waals surface area contributed by atoms with Crippen LogP contribution in [0.15, 0.2) is 0 Å². The lowest BCUT2D eigenvalue weighted by Gasteiger charge is -2.25. The van der Waals surface area contributed by atoms with Gasteiger partial charge in [0.2, 0.25) is 5.91 Å². The van der Waals surface area contributed by atoms with E-state index < -0.39 is 11.5 Å². The maximum atomic E-state index is 12.1. The third kappa shape index (κ3) is 6.68. The summed E-state index contributed by atoms with van der Waals surface area (Å²) in [5, 5.41) is 2.73. The van der Waals surface area contributed by atoms with Crippen molar-refractivity contribution in [2.75, 3.05) is 12.3 Å². The van der Waals surface area contributed by atoms with E-state index in [2.05, 4.69) is 17.9 Å². The number of hydrogen-bond acceptors (Lipinski definition) is 4. The zero-order valence-corrected chi connectivity index (χ0v) is 11.8. The standard InChI is InChI=1S/C12H24N2O2S/c1-12(2,3)11(16)9(6-4-5-7-13)14-10(15)8-17/h9,17H,4-8,13H2,1-3H3,(H,14,15). The lowest BCUT2D eigenvalue weighted by Crippen LogP contribution is -2.46. The number of nitrogens with two attached hydrogens (primary N) is 1. The van der Waals surface area contributed by atoms with Crippen LogP contribution in [-0.2, 0) is 9.59 Å². The van der Waals surface area contributed by atoms with Crippen LogP contribution in [0.4, 0.5) is 0 Å². The second-order valence-corrected chi connectivity index (χ2v) is 5.49. The third-order valence-corrected chi connectivity index (χ3v) is 2.77. The highest BCUT2D eigenvalue weighted by molar-refractivity contribution is 7.81. The van der Waals surface area contributed by atoms with Crippen molar-refractivity contribution >= 4 is 24.3 Å². The summed E-state index contributed by atoms with van der Waals surface area (Å²) >= 11 is 3.90. The molecule has 1 atom stereocenters. The zero-order valence-electron chi connectivity index (χ0n) is 11.0. The van der Waals surface area contributed by atoms with Crippen LogP contribution in [-0.4, -0.2) is 30.0 Å². The van der Waals surface area contributed by atoms with Gasteiger partial charge in [0.05, 0.1) is 11.8 Å². The monoisotopic (exact) mass is 260 g/mol. The van der Waals surface area contributed by atoms with Gasteiger partial charge >= 0.3 is 0 Å². The van der Waals surface area contributed by atoms with Crippen LogP contribution < -0.4 is 11.1 Å². The topological polar surface area (TPSA) is 72.2 Å². The van der Waals surface area contributed by atoms with Gasteiger partial charge in [-0.3, -0.25) is 9.59 Å². The van der Waals surface area contributed by atoms with Crippen LogP contribution in [0, 0.1) is 5.41 Å². The summed E-state index contributed by atoms with van der Waals surface area (Å²) in [7, 11) is 0. The molecule has 0 aliphatic heterocycles. The molecule has 0 aromatic carbocycles. The van der Waals surface area contributed by atoms with Crippen molar-refractivity contribution in [3.8, 4) is 0 Å². The number of nitrogens with one attached hydrogen (secondary N) is 1. The van der Waals surface area contributed by atoms with Gasteiger partial charge in [0.25, 0.3) is 0 Å². The minimum atomic E-state index is -0.447. The van der Waals surface area contributed by atoms with E-state index in [0.717, 1.165) is 12.8 Å². The minimum Gasteiger partial charge on any atom is -0.346 e. The number of rotatable bonds is 7. The van der Waals surface area contributed by atoms with Gasteiger partial charge in [0.1, 0.15) is 0 Å². The Hall–Kier alpha value is -0.550. The highest BCUT2D eigenvalue weighted by atomic mass is 32.1. The fourth-order valence-electron chi connectivity index (χ4n) is 1.52. The molecule has 5 heteroatoms. The molecule has 0 rings (SSSR count).